The van der Waals surface area contributed by atoms with Crippen molar-refractivity contribution in [3.05, 3.63) is 258 Å². The summed E-state index contributed by atoms with van der Waals surface area (Å²) in [5.41, 5.74) is 20.5. The van der Waals surface area contributed by atoms with Crippen LogP contribution in [0.1, 0.15) is 47.2 Å². The summed E-state index contributed by atoms with van der Waals surface area (Å²) in [6.07, 6.45) is 0. The standard InChI is InChI=1S/C58H43N/c1-57(2)51-30-14-15-31-52(51)58(49-28-12-9-26-47(49)48-27-10-13-29-50(48)58)53-32-18-34-55(56(53)57)59(54-33-16-11-25-46(54)43-21-7-4-8-22-43)45-24-17-23-44(39-45)42-37-35-41(36-38-42)40-19-5-3-6-20-40/h3-39H,1-2H3. The van der Waals surface area contributed by atoms with E-state index in [2.05, 4.69) is 243 Å². The first kappa shape index (κ1) is 35.0. The molecular formula is C58H43N. The molecule has 11 rings (SSSR count). The molecule has 0 heterocycles. The Hall–Kier alpha value is -7.22. The first-order valence-electron chi connectivity index (χ1n) is 20.7. The van der Waals surface area contributed by atoms with Gasteiger partial charge in [0.15, 0.2) is 0 Å². The molecule has 9 aromatic rings. The van der Waals surface area contributed by atoms with Crippen LogP contribution in [0.5, 0.6) is 0 Å². The van der Waals surface area contributed by atoms with Crippen molar-refractivity contribution < 1.29 is 0 Å². The molecule has 9 aromatic carbocycles. The Morgan fingerprint density at radius 1 is 0.305 bits per heavy atom. The summed E-state index contributed by atoms with van der Waals surface area (Å²) in [7, 11) is 0. The van der Waals surface area contributed by atoms with Crippen LogP contribution in [0.2, 0.25) is 0 Å². The van der Waals surface area contributed by atoms with Gasteiger partial charge in [0.05, 0.1) is 16.8 Å². The highest BCUT2D eigenvalue weighted by Crippen LogP contribution is 2.64. The van der Waals surface area contributed by atoms with Gasteiger partial charge in [-0.3, -0.25) is 0 Å². The zero-order valence-electron chi connectivity index (χ0n) is 33.3. The Bertz CT molecular complexity index is 2970. The number of fused-ring (bicyclic) bond motifs is 9. The van der Waals surface area contributed by atoms with Gasteiger partial charge in [0.1, 0.15) is 0 Å². The van der Waals surface area contributed by atoms with Crippen LogP contribution in [0.4, 0.5) is 17.1 Å². The van der Waals surface area contributed by atoms with Gasteiger partial charge < -0.3 is 4.90 Å². The van der Waals surface area contributed by atoms with E-state index in [-0.39, 0.29) is 5.41 Å². The second-order valence-corrected chi connectivity index (χ2v) is 16.4. The number of para-hydroxylation sites is 1. The largest absolute Gasteiger partial charge is 0.310 e. The second kappa shape index (κ2) is 13.7. The van der Waals surface area contributed by atoms with E-state index in [1.165, 1.54) is 83.6 Å². The lowest BCUT2D eigenvalue weighted by atomic mass is 9.55. The van der Waals surface area contributed by atoms with Crippen LogP contribution >= 0.6 is 0 Å². The topological polar surface area (TPSA) is 3.24 Å². The number of hydrogen-bond donors (Lipinski definition) is 0. The monoisotopic (exact) mass is 753 g/mol. The highest BCUT2D eigenvalue weighted by molar-refractivity contribution is 5.94. The number of anilines is 3. The maximum atomic E-state index is 2.54. The fourth-order valence-corrected chi connectivity index (χ4v) is 10.4. The van der Waals surface area contributed by atoms with Crippen LogP contribution < -0.4 is 4.90 Å². The molecule has 59 heavy (non-hydrogen) atoms. The molecule has 0 unspecified atom stereocenters. The minimum atomic E-state index is -0.488. The van der Waals surface area contributed by atoms with Crippen molar-refractivity contribution in [3.63, 3.8) is 0 Å². The molecule has 0 fully saturated rings. The number of hydrogen-bond acceptors (Lipinski definition) is 1. The third-order valence-electron chi connectivity index (χ3n) is 12.9. The zero-order chi connectivity index (χ0) is 39.6. The smallest absolute Gasteiger partial charge is 0.0720 e. The van der Waals surface area contributed by atoms with Crippen molar-refractivity contribution in [2.75, 3.05) is 4.90 Å². The van der Waals surface area contributed by atoms with Crippen LogP contribution in [0, 0.1) is 0 Å². The molecule has 0 bridgehead atoms. The van der Waals surface area contributed by atoms with Crippen LogP contribution in [0.15, 0.2) is 224 Å². The number of nitrogens with zero attached hydrogens (tertiary/aromatic N) is 1. The summed E-state index contributed by atoms with van der Waals surface area (Å²) >= 11 is 0. The molecule has 1 heteroatoms. The summed E-state index contributed by atoms with van der Waals surface area (Å²) in [5, 5.41) is 0. The number of benzene rings is 9. The molecule has 0 amide bonds. The molecule has 0 aliphatic heterocycles. The lowest BCUT2D eigenvalue weighted by Crippen LogP contribution is -2.41. The van der Waals surface area contributed by atoms with E-state index in [4.69, 9.17) is 0 Å². The average molecular weight is 754 g/mol. The highest BCUT2D eigenvalue weighted by atomic mass is 15.1. The second-order valence-electron chi connectivity index (χ2n) is 16.4. The molecule has 2 aliphatic carbocycles. The van der Waals surface area contributed by atoms with E-state index in [0.29, 0.717) is 0 Å². The van der Waals surface area contributed by atoms with Crippen molar-refractivity contribution >= 4 is 17.1 Å². The summed E-state index contributed by atoms with van der Waals surface area (Å²) in [4.78, 5) is 2.54. The van der Waals surface area contributed by atoms with Crippen molar-refractivity contribution in [2.24, 2.45) is 0 Å². The minimum absolute atomic E-state index is 0.342. The third-order valence-corrected chi connectivity index (χ3v) is 12.9. The maximum Gasteiger partial charge on any atom is 0.0720 e. The molecule has 0 atom stereocenters. The fraction of sp³-hybridized carbons (Fsp3) is 0.0690. The Labute approximate surface area is 347 Å². The molecule has 0 saturated carbocycles. The van der Waals surface area contributed by atoms with Gasteiger partial charge in [-0.2, -0.15) is 0 Å². The summed E-state index contributed by atoms with van der Waals surface area (Å²) in [6, 6.07) is 82.9. The maximum absolute atomic E-state index is 2.54. The normalized spacial score (nSPS) is 13.9. The van der Waals surface area contributed by atoms with Crippen molar-refractivity contribution in [1.82, 2.24) is 0 Å². The van der Waals surface area contributed by atoms with E-state index in [1.54, 1.807) is 0 Å². The SMILES string of the molecule is CC1(C)c2ccccc2C2(c3ccccc3-c3ccccc32)c2cccc(N(c3cccc(-c4ccc(-c5ccccc5)cc4)c3)c3ccccc3-c3ccccc3)c21. The van der Waals surface area contributed by atoms with E-state index < -0.39 is 5.41 Å². The molecule has 0 N–H and O–H groups in total. The van der Waals surface area contributed by atoms with Crippen molar-refractivity contribution in [3.8, 4) is 44.5 Å². The van der Waals surface area contributed by atoms with Gasteiger partial charge in [0.25, 0.3) is 0 Å². The van der Waals surface area contributed by atoms with Gasteiger partial charge in [0, 0.05) is 16.7 Å². The summed E-state index contributed by atoms with van der Waals surface area (Å²) in [6.45, 7) is 4.86. The van der Waals surface area contributed by atoms with Gasteiger partial charge in [-0.15, -0.1) is 0 Å². The molecule has 0 saturated heterocycles. The lowest BCUT2D eigenvalue weighted by Gasteiger charge is -2.48. The zero-order valence-corrected chi connectivity index (χ0v) is 33.3. The Morgan fingerprint density at radius 3 is 1.41 bits per heavy atom. The van der Waals surface area contributed by atoms with E-state index in [9.17, 15) is 0 Å². The Balaban J connectivity index is 1.19. The quantitative estimate of drug-likeness (QED) is 0.163. The molecule has 280 valence electrons. The summed E-state index contributed by atoms with van der Waals surface area (Å²) in [5.74, 6) is 0. The van der Waals surface area contributed by atoms with Gasteiger partial charge in [-0.1, -0.05) is 214 Å². The van der Waals surface area contributed by atoms with Gasteiger partial charge >= 0.3 is 0 Å². The van der Waals surface area contributed by atoms with E-state index in [0.717, 1.165) is 11.4 Å². The van der Waals surface area contributed by atoms with Crippen LogP contribution in [0.25, 0.3) is 44.5 Å². The fourth-order valence-electron chi connectivity index (χ4n) is 10.4. The van der Waals surface area contributed by atoms with Gasteiger partial charge in [0.2, 0.25) is 0 Å². The highest BCUT2D eigenvalue weighted by Gasteiger charge is 2.54. The van der Waals surface area contributed by atoms with Gasteiger partial charge in [-0.05, 0) is 96.6 Å². The molecule has 1 spiro atoms. The van der Waals surface area contributed by atoms with Crippen LogP contribution in [-0.4, -0.2) is 0 Å². The first-order chi connectivity index (χ1) is 29.0. The summed E-state index contributed by atoms with van der Waals surface area (Å²) < 4.78 is 0. The van der Waals surface area contributed by atoms with E-state index >= 15 is 0 Å². The molecule has 1 nitrogen and oxygen atoms in total. The van der Waals surface area contributed by atoms with Gasteiger partial charge in [-0.25, -0.2) is 0 Å². The molecule has 2 aliphatic rings. The molecule has 0 aromatic heterocycles. The van der Waals surface area contributed by atoms with Crippen molar-refractivity contribution in [2.45, 2.75) is 24.7 Å². The third kappa shape index (κ3) is 5.31. The van der Waals surface area contributed by atoms with Crippen molar-refractivity contribution in [1.29, 1.82) is 0 Å². The minimum Gasteiger partial charge on any atom is -0.310 e. The first-order valence-corrected chi connectivity index (χ1v) is 20.7. The van der Waals surface area contributed by atoms with Crippen LogP contribution in [0.3, 0.4) is 0 Å². The van der Waals surface area contributed by atoms with Crippen LogP contribution in [-0.2, 0) is 10.8 Å². The Kier molecular flexibility index (Phi) is 8.13. The lowest BCUT2D eigenvalue weighted by molar-refractivity contribution is 0.564. The van der Waals surface area contributed by atoms with E-state index in [1.807, 2.05) is 0 Å². The predicted molar refractivity (Wildman–Crippen MR) is 247 cm³/mol. The average Bonchev–Trinajstić information content (AvgIpc) is 3.60. The molecule has 0 radical (unpaired) electrons. The molecular weight excluding hydrogens is 711 g/mol. The number of rotatable bonds is 6. The Morgan fingerprint density at radius 2 is 0.746 bits per heavy atom. The predicted octanol–water partition coefficient (Wildman–Crippen LogP) is 15.2.